The second kappa shape index (κ2) is 14.2. The van der Waals surface area contributed by atoms with Crippen LogP contribution in [0.4, 0.5) is 0 Å². The molecule has 1 N–H and O–H groups in total. The van der Waals surface area contributed by atoms with Crippen molar-refractivity contribution in [3.05, 3.63) is 88.6 Å². The number of ether oxygens (including phenoxy) is 2. The number of rotatable bonds is 11. The van der Waals surface area contributed by atoms with Crippen LogP contribution in [0.5, 0.6) is 0 Å². The molecule has 4 rings (SSSR count). The van der Waals surface area contributed by atoms with Gasteiger partial charge in [0, 0.05) is 25.8 Å². The highest BCUT2D eigenvalue weighted by molar-refractivity contribution is 6.15. The van der Waals surface area contributed by atoms with Crippen molar-refractivity contribution >= 4 is 24.0 Å². The maximum absolute atomic E-state index is 13.1. The molecule has 1 heterocycles. The lowest BCUT2D eigenvalue weighted by atomic mass is 9.77. The van der Waals surface area contributed by atoms with Crippen LogP contribution in [0.15, 0.2) is 71.9 Å². The zero-order chi connectivity index (χ0) is 29.2. The van der Waals surface area contributed by atoms with E-state index in [2.05, 4.69) is 24.5 Å². The van der Waals surface area contributed by atoms with Crippen molar-refractivity contribution in [3.63, 3.8) is 0 Å². The molecular formula is C34H41NO6. The molecule has 1 saturated carbocycles. The first-order valence-electron chi connectivity index (χ1n) is 14.7. The average molecular weight is 560 g/mol. The van der Waals surface area contributed by atoms with Gasteiger partial charge in [-0.1, -0.05) is 87.2 Å². The third-order valence-electron chi connectivity index (χ3n) is 7.78. The van der Waals surface area contributed by atoms with Crippen LogP contribution in [0, 0.1) is 5.92 Å². The van der Waals surface area contributed by atoms with Crippen LogP contribution in [0.3, 0.4) is 0 Å². The number of esters is 2. The second-order valence-electron chi connectivity index (χ2n) is 11.5. The van der Waals surface area contributed by atoms with Crippen molar-refractivity contribution in [2.24, 2.45) is 5.92 Å². The summed E-state index contributed by atoms with van der Waals surface area (Å²) in [5, 5.41) is 0. The van der Waals surface area contributed by atoms with Crippen LogP contribution in [-0.4, -0.2) is 23.7 Å². The number of cyclic esters (lactones) is 2. The minimum Gasteiger partial charge on any atom is -0.419 e. The molecule has 1 aliphatic carbocycles. The van der Waals surface area contributed by atoms with Crippen LogP contribution < -0.4 is 5.48 Å². The highest BCUT2D eigenvalue weighted by Gasteiger charge is 2.39. The molecule has 2 aromatic carbocycles. The van der Waals surface area contributed by atoms with Gasteiger partial charge in [-0.3, -0.25) is 0 Å². The fourth-order valence-electron chi connectivity index (χ4n) is 5.52. The number of hydrogen-bond acceptors (Lipinski definition) is 7. The molecule has 0 spiro atoms. The van der Waals surface area contributed by atoms with Crippen LogP contribution in [0.25, 0.3) is 6.08 Å². The average Bonchev–Trinajstić information content (AvgIpc) is 2.95. The Morgan fingerprint density at radius 2 is 1.61 bits per heavy atom. The molecule has 7 heteroatoms. The molecule has 0 bridgehead atoms. The molecule has 0 radical (unpaired) electrons. The van der Waals surface area contributed by atoms with Gasteiger partial charge in [0.05, 0.1) is 6.20 Å². The first kappa shape index (κ1) is 30.1. The summed E-state index contributed by atoms with van der Waals surface area (Å²) >= 11 is 0. The van der Waals surface area contributed by atoms with Crippen molar-refractivity contribution < 1.29 is 28.7 Å². The number of nitrogens with one attached hydrogen (secondary N) is 1. The summed E-state index contributed by atoms with van der Waals surface area (Å²) in [5.41, 5.74) is 5.53. The quantitative estimate of drug-likeness (QED) is 0.105. The maximum Gasteiger partial charge on any atom is 0.359 e. The number of carbonyl (C=O) groups excluding carboxylic acids is 3. The third kappa shape index (κ3) is 8.81. The van der Waals surface area contributed by atoms with Gasteiger partial charge < -0.3 is 14.3 Å². The minimum absolute atomic E-state index is 0.347. The molecule has 41 heavy (non-hydrogen) atoms. The number of hydrogen-bond donors (Lipinski definition) is 1. The molecular weight excluding hydrogens is 518 g/mol. The standard InChI is InChI=1S/C34H41NO6/c1-4-5-7-10-24-13-17-27(18-14-24)28-19-15-26(16-20-28)22-29(21-25-11-8-6-9-12-25)31(36)41-35-23-30-32(37)39-34(2,3)40-33(30)38/h6,8-9,11-12,15-16,19-20,22-24,27,35H,4-5,7,10,13-14,17-18,21H2,1-3H3. The van der Waals surface area contributed by atoms with Gasteiger partial charge in [0.25, 0.3) is 5.79 Å². The van der Waals surface area contributed by atoms with E-state index >= 15 is 0 Å². The van der Waals surface area contributed by atoms with E-state index in [9.17, 15) is 14.4 Å². The smallest absolute Gasteiger partial charge is 0.359 e. The van der Waals surface area contributed by atoms with Crippen LogP contribution >= 0.6 is 0 Å². The van der Waals surface area contributed by atoms with E-state index in [1.165, 1.54) is 70.8 Å². The minimum atomic E-state index is -1.35. The normalized spacial score (nSPS) is 20.6. The fourth-order valence-corrected chi connectivity index (χ4v) is 5.52. The molecule has 7 nitrogen and oxygen atoms in total. The van der Waals surface area contributed by atoms with Gasteiger partial charge in [0.1, 0.15) is 0 Å². The van der Waals surface area contributed by atoms with Crippen molar-refractivity contribution in [1.82, 2.24) is 5.48 Å². The Hall–Kier alpha value is -3.87. The Kier molecular flexibility index (Phi) is 10.4. The second-order valence-corrected chi connectivity index (χ2v) is 11.5. The number of unbranched alkanes of at least 4 members (excludes halogenated alkanes) is 2. The van der Waals surface area contributed by atoms with E-state index in [-0.39, 0.29) is 0 Å². The monoisotopic (exact) mass is 559 g/mol. The lowest BCUT2D eigenvalue weighted by molar-refractivity contribution is -0.222. The summed E-state index contributed by atoms with van der Waals surface area (Å²) < 4.78 is 10.1. The maximum atomic E-state index is 13.1. The SMILES string of the molecule is CCCCCC1CCC(c2ccc(C=C(Cc3ccccc3)C(=O)ONC=C3C(=O)OC(C)(C)OC3=O)cc2)CC1. The summed E-state index contributed by atoms with van der Waals surface area (Å²) in [6.45, 7) is 5.18. The predicted octanol–water partition coefficient (Wildman–Crippen LogP) is 6.93. The number of benzene rings is 2. The zero-order valence-corrected chi connectivity index (χ0v) is 24.3. The Balaban J connectivity index is 1.41. The van der Waals surface area contributed by atoms with Gasteiger partial charge in [0.2, 0.25) is 0 Å². The lowest BCUT2D eigenvalue weighted by Gasteiger charge is -2.29. The molecule has 2 aliphatic rings. The summed E-state index contributed by atoms with van der Waals surface area (Å²) in [4.78, 5) is 42.6. The van der Waals surface area contributed by atoms with E-state index in [0.717, 1.165) is 23.2 Å². The Morgan fingerprint density at radius 3 is 2.24 bits per heavy atom. The summed E-state index contributed by atoms with van der Waals surface area (Å²) in [5.74, 6) is -2.24. The fraction of sp³-hybridized carbons (Fsp3) is 0.441. The third-order valence-corrected chi connectivity index (χ3v) is 7.78. The first-order chi connectivity index (χ1) is 19.7. The molecule has 0 amide bonds. The van der Waals surface area contributed by atoms with E-state index in [0.29, 0.717) is 17.9 Å². The van der Waals surface area contributed by atoms with Gasteiger partial charge in [0.15, 0.2) is 5.57 Å². The Morgan fingerprint density at radius 1 is 0.951 bits per heavy atom. The van der Waals surface area contributed by atoms with Crippen LogP contribution in [-0.2, 0) is 35.1 Å². The Bertz CT molecular complexity index is 1230. The topological polar surface area (TPSA) is 90.9 Å². The zero-order valence-electron chi connectivity index (χ0n) is 24.3. The summed E-state index contributed by atoms with van der Waals surface area (Å²) in [6.07, 6.45) is 13.5. The van der Waals surface area contributed by atoms with Gasteiger partial charge in [-0.2, -0.15) is 0 Å². The lowest BCUT2D eigenvalue weighted by Crippen LogP contribution is -2.42. The van der Waals surface area contributed by atoms with Crippen LogP contribution in [0.1, 0.15) is 94.7 Å². The van der Waals surface area contributed by atoms with Crippen molar-refractivity contribution in [1.29, 1.82) is 0 Å². The van der Waals surface area contributed by atoms with Gasteiger partial charge in [-0.25, -0.2) is 19.9 Å². The van der Waals surface area contributed by atoms with Gasteiger partial charge in [-0.05, 0) is 60.3 Å². The molecule has 0 unspecified atom stereocenters. The summed E-state index contributed by atoms with van der Waals surface area (Å²) in [6, 6.07) is 18.1. The Labute approximate surface area is 242 Å². The van der Waals surface area contributed by atoms with Crippen molar-refractivity contribution in [2.75, 3.05) is 0 Å². The molecule has 1 saturated heterocycles. The molecule has 1 aliphatic heterocycles. The van der Waals surface area contributed by atoms with E-state index in [1.54, 1.807) is 0 Å². The summed E-state index contributed by atoms with van der Waals surface area (Å²) in [7, 11) is 0. The highest BCUT2D eigenvalue weighted by Crippen LogP contribution is 2.38. The van der Waals surface area contributed by atoms with Crippen molar-refractivity contribution in [2.45, 2.75) is 90.3 Å². The van der Waals surface area contributed by atoms with E-state index < -0.39 is 29.3 Å². The molecule has 2 aromatic rings. The predicted molar refractivity (Wildman–Crippen MR) is 157 cm³/mol. The first-order valence-corrected chi connectivity index (χ1v) is 14.7. The molecule has 218 valence electrons. The van der Waals surface area contributed by atoms with Gasteiger partial charge >= 0.3 is 17.9 Å². The van der Waals surface area contributed by atoms with Gasteiger partial charge in [-0.15, -0.1) is 0 Å². The molecule has 2 fully saturated rings. The highest BCUT2D eigenvalue weighted by atomic mass is 16.7. The number of carbonyl (C=O) groups is 3. The van der Waals surface area contributed by atoms with Crippen LogP contribution in [0.2, 0.25) is 0 Å². The van der Waals surface area contributed by atoms with E-state index in [1.807, 2.05) is 48.5 Å². The molecule has 0 aromatic heterocycles. The molecule has 0 atom stereocenters. The number of hydroxylamine groups is 1. The van der Waals surface area contributed by atoms with E-state index in [4.69, 9.17) is 14.3 Å². The van der Waals surface area contributed by atoms with Crippen molar-refractivity contribution in [3.8, 4) is 0 Å². The largest absolute Gasteiger partial charge is 0.419 e.